The third-order valence-corrected chi connectivity index (χ3v) is 9.42. The smallest absolute Gasteiger partial charge is 0.302 e. The first kappa shape index (κ1) is 51.9. The van der Waals surface area contributed by atoms with Crippen LogP contribution in [0, 0.1) is 0 Å². The third-order valence-electron chi connectivity index (χ3n) is 9.10. The fourth-order valence-electron chi connectivity index (χ4n) is 6.05. The number of hydrogen-bond donors (Lipinski definition) is 6. The van der Waals surface area contributed by atoms with E-state index in [0.29, 0.717) is 66.1 Å². The van der Waals surface area contributed by atoms with Crippen LogP contribution in [0.1, 0.15) is 71.6 Å². The van der Waals surface area contributed by atoms with Gasteiger partial charge >= 0.3 is 5.97 Å². The van der Waals surface area contributed by atoms with Gasteiger partial charge in [0.2, 0.25) is 5.91 Å². The van der Waals surface area contributed by atoms with Gasteiger partial charge in [0.25, 0.3) is 0 Å². The minimum absolute atomic E-state index is 0.0801. The summed E-state index contributed by atoms with van der Waals surface area (Å²) in [5, 5.41) is 43.1. The van der Waals surface area contributed by atoms with Gasteiger partial charge in [0.05, 0.1) is 98.0 Å². The Morgan fingerprint density at radius 3 is 1.58 bits per heavy atom. The molecule has 2 aliphatic rings. The molecule has 18 nitrogen and oxygen atoms in total. The van der Waals surface area contributed by atoms with E-state index in [0.717, 1.165) is 18.8 Å². The lowest BCUT2D eigenvalue weighted by Crippen LogP contribution is -2.62. The zero-order valence-electron chi connectivity index (χ0n) is 33.9. The Hall–Kier alpha value is -1.27. The molecule has 0 radical (unpaired) electrons. The number of carbonyl (C=O) groups is 2. The van der Waals surface area contributed by atoms with Gasteiger partial charge in [0, 0.05) is 26.9 Å². The van der Waals surface area contributed by atoms with Crippen LogP contribution in [0.4, 0.5) is 0 Å². The van der Waals surface area contributed by atoms with E-state index in [1.54, 1.807) is 0 Å². The maximum absolute atomic E-state index is 12.0. The molecular formula is C38H71NO17S. The topological polar surface area (TPSA) is 229 Å². The normalized spacial score (nSPS) is 26.4. The Labute approximate surface area is 343 Å². The Bertz CT molecular complexity index is 1000. The van der Waals surface area contributed by atoms with Crippen LogP contribution in [-0.4, -0.2) is 192 Å². The van der Waals surface area contributed by atoms with Gasteiger partial charge in [-0.05, 0) is 18.6 Å². The minimum atomic E-state index is -1.66. The number of carbonyl (C=O) groups excluding carboxylic acids is 2. The SMILES string of the molecule is CC(=O)NC1CC(OC2OC(CO)C(O)C(O)C2O)C(COC(C)=O)OC1OCCOCCOCCOCCOCCOCCOCCCCCCCCCCS. The molecule has 19 heteroatoms. The molecule has 0 bridgehead atoms. The van der Waals surface area contributed by atoms with Crippen molar-refractivity contribution in [3.8, 4) is 0 Å². The van der Waals surface area contributed by atoms with Crippen LogP contribution in [0.25, 0.3) is 0 Å². The summed E-state index contributed by atoms with van der Waals surface area (Å²) in [5.74, 6) is 0.0495. The molecule has 2 rings (SSSR count). The summed E-state index contributed by atoms with van der Waals surface area (Å²) in [7, 11) is 0. The number of amides is 1. The highest BCUT2D eigenvalue weighted by molar-refractivity contribution is 7.80. The number of ether oxygens (including phenoxy) is 11. The Morgan fingerprint density at radius 2 is 1.09 bits per heavy atom. The minimum Gasteiger partial charge on any atom is -0.463 e. The van der Waals surface area contributed by atoms with E-state index in [1.165, 1.54) is 58.8 Å². The molecule has 2 fully saturated rings. The molecule has 336 valence electrons. The predicted molar refractivity (Wildman–Crippen MR) is 208 cm³/mol. The van der Waals surface area contributed by atoms with Gasteiger partial charge in [-0.1, -0.05) is 38.5 Å². The first-order valence-electron chi connectivity index (χ1n) is 20.4. The molecule has 0 spiro atoms. The molecule has 0 aromatic carbocycles. The molecule has 9 unspecified atom stereocenters. The standard InChI is InChI=1S/C38H71NO17S/c1-28(41)39-30-25-31(54-38-36(45)35(44)34(43)32(26-40)55-38)33(27-53-29(2)42)56-37(30)52-23-22-51-21-20-50-19-18-49-17-16-48-15-14-47-13-12-46-11-9-7-5-3-4-6-8-10-24-57/h30-38,40,43-45,57H,3-27H2,1-2H3,(H,39,41). The lowest BCUT2D eigenvalue weighted by molar-refractivity contribution is -0.335. The van der Waals surface area contributed by atoms with Gasteiger partial charge < -0.3 is 77.8 Å². The molecule has 1 amide bonds. The quantitative estimate of drug-likeness (QED) is 0.0290. The van der Waals surface area contributed by atoms with Crippen molar-refractivity contribution in [2.75, 3.05) is 105 Å². The molecule has 2 saturated heterocycles. The number of aliphatic hydroxyl groups is 4. The summed E-state index contributed by atoms with van der Waals surface area (Å²) in [6.07, 6.45) is -0.248. The van der Waals surface area contributed by atoms with Gasteiger partial charge in [0.1, 0.15) is 37.1 Å². The van der Waals surface area contributed by atoms with E-state index in [4.69, 9.17) is 52.1 Å². The van der Waals surface area contributed by atoms with Gasteiger partial charge in [0.15, 0.2) is 12.6 Å². The lowest BCUT2D eigenvalue weighted by Gasteiger charge is -2.45. The van der Waals surface area contributed by atoms with E-state index in [-0.39, 0.29) is 32.1 Å². The first-order chi connectivity index (χ1) is 27.7. The summed E-state index contributed by atoms with van der Waals surface area (Å²) in [5.41, 5.74) is 0. The summed E-state index contributed by atoms with van der Waals surface area (Å²) in [6, 6.07) is -0.726. The second-order valence-corrected chi connectivity index (χ2v) is 14.3. The number of unbranched alkanes of at least 4 members (excludes halogenated alkanes) is 7. The van der Waals surface area contributed by atoms with Crippen molar-refractivity contribution < 1.29 is 82.1 Å². The van der Waals surface area contributed by atoms with Crippen LogP contribution in [0.2, 0.25) is 0 Å². The number of esters is 1. The third kappa shape index (κ3) is 23.9. The van der Waals surface area contributed by atoms with Crippen LogP contribution >= 0.6 is 12.6 Å². The van der Waals surface area contributed by atoms with Crippen molar-refractivity contribution in [2.24, 2.45) is 0 Å². The van der Waals surface area contributed by atoms with Crippen molar-refractivity contribution in [3.63, 3.8) is 0 Å². The number of rotatable bonds is 35. The second kappa shape index (κ2) is 33.4. The average molecular weight is 846 g/mol. The van der Waals surface area contributed by atoms with Crippen molar-refractivity contribution >= 4 is 24.5 Å². The molecule has 9 atom stereocenters. The maximum atomic E-state index is 12.0. The largest absolute Gasteiger partial charge is 0.463 e. The predicted octanol–water partition coefficient (Wildman–Crippen LogP) is 0.521. The fraction of sp³-hybridized carbons (Fsp3) is 0.947. The van der Waals surface area contributed by atoms with Crippen LogP contribution in [-0.2, 0) is 61.7 Å². The van der Waals surface area contributed by atoms with Gasteiger partial charge in [-0.3, -0.25) is 9.59 Å². The van der Waals surface area contributed by atoms with Gasteiger partial charge in [-0.25, -0.2) is 0 Å². The zero-order chi connectivity index (χ0) is 41.5. The average Bonchev–Trinajstić information content (AvgIpc) is 3.18. The summed E-state index contributed by atoms with van der Waals surface area (Å²) < 4.78 is 61.8. The van der Waals surface area contributed by atoms with E-state index < -0.39 is 67.8 Å². The highest BCUT2D eigenvalue weighted by Crippen LogP contribution is 2.29. The number of aliphatic hydroxyl groups excluding tert-OH is 4. The molecule has 0 aromatic rings. The highest BCUT2D eigenvalue weighted by Gasteiger charge is 2.48. The molecular weight excluding hydrogens is 774 g/mol. The highest BCUT2D eigenvalue weighted by atomic mass is 32.1. The van der Waals surface area contributed by atoms with Crippen molar-refractivity contribution in [2.45, 2.75) is 127 Å². The van der Waals surface area contributed by atoms with Crippen molar-refractivity contribution in [3.05, 3.63) is 0 Å². The summed E-state index contributed by atoms with van der Waals surface area (Å²) in [4.78, 5) is 23.6. The van der Waals surface area contributed by atoms with Crippen LogP contribution in [0.5, 0.6) is 0 Å². The Morgan fingerprint density at radius 1 is 0.614 bits per heavy atom. The number of thiol groups is 1. The maximum Gasteiger partial charge on any atom is 0.302 e. The second-order valence-electron chi connectivity index (χ2n) is 13.9. The first-order valence-corrected chi connectivity index (χ1v) is 21.0. The van der Waals surface area contributed by atoms with Crippen molar-refractivity contribution in [1.82, 2.24) is 5.32 Å². The Balaban J connectivity index is 1.50. The lowest BCUT2D eigenvalue weighted by atomic mass is 9.97. The van der Waals surface area contributed by atoms with Crippen LogP contribution in [0.15, 0.2) is 0 Å². The fourth-order valence-corrected chi connectivity index (χ4v) is 6.28. The van der Waals surface area contributed by atoms with Crippen LogP contribution < -0.4 is 5.32 Å². The molecule has 2 aliphatic heterocycles. The molecule has 0 aromatic heterocycles. The zero-order valence-corrected chi connectivity index (χ0v) is 34.8. The summed E-state index contributed by atoms with van der Waals surface area (Å²) >= 11 is 4.24. The summed E-state index contributed by atoms with van der Waals surface area (Å²) in [6.45, 7) is 7.24. The van der Waals surface area contributed by atoms with Crippen molar-refractivity contribution in [1.29, 1.82) is 0 Å². The van der Waals surface area contributed by atoms with E-state index in [1.807, 2.05) is 0 Å². The number of nitrogens with one attached hydrogen (secondary N) is 1. The number of hydrogen-bond acceptors (Lipinski definition) is 18. The van der Waals surface area contributed by atoms with Gasteiger partial charge in [-0.2, -0.15) is 12.6 Å². The Kier molecular flexibility index (Phi) is 30.4. The van der Waals surface area contributed by atoms with E-state index in [2.05, 4.69) is 17.9 Å². The molecule has 57 heavy (non-hydrogen) atoms. The molecule has 5 N–H and O–H groups in total. The van der Waals surface area contributed by atoms with Crippen LogP contribution in [0.3, 0.4) is 0 Å². The molecule has 0 saturated carbocycles. The molecule has 2 heterocycles. The monoisotopic (exact) mass is 845 g/mol. The van der Waals surface area contributed by atoms with E-state index >= 15 is 0 Å². The molecule has 0 aliphatic carbocycles. The van der Waals surface area contributed by atoms with Gasteiger partial charge in [-0.15, -0.1) is 0 Å². The van der Waals surface area contributed by atoms with E-state index in [9.17, 15) is 30.0 Å².